The highest BCUT2D eigenvalue weighted by atomic mass is 15.1. The van der Waals surface area contributed by atoms with Gasteiger partial charge >= 0.3 is 0 Å². The maximum atomic E-state index is 3.93. The zero-order valence-electron chi connectivity index (χ0n) is 7.83. The van der Waals surface area contributed by atoms with Gasteiger partial charge in [-0.2, -0.15) is 5.10 Å². The largest absolute Gasteiger partial charge is 0.285 e. The van der Waals surface area contributed by atoms with E-state index in [0.717, 1.165) is 5.56 Å². The van der Waals surface area contributed by atoms with Crippen molar-refractivity contribution in [3.05, 3.63) is 41.7 Å². The zero-order chi connectivity index (χ0) is 9.26. The van der Waals surface area contributed by atoms with E-state index in [1.807, 2.05) is 12.4 Å². The Bertz CT molecular complexity index is 402. The van der Waals surface area contributed by atoms with Crippen molar-refractivity contribution >= 4 is 0 Å². The fraction of sp³-hybridized carbons (Fsp3) is 0.182. The van der Waals surface area contributed by atoms with Crippen LogP contribution in [0.5, 0.6) is 0 Å². The van der Waals surface area contributed by atoms with Crippen LogP contribution < -0.4 is 0 Å². The summed E-state index contributed by atoms with van der Waals surface area (Å²) in [5.41, 5.74) is 5.01. The fourth-order valence-electron chi connectivity index (χ4n) is 1.33. The molecule has 2 aromatic rings. The summed E-state index contributed by atoms with van der Waals surface area (Å²) in [6.07, 6.45) is 3.74. The van der Waals surface area contributed by atoms with Gasteiger partial charge in [-0.15, -0.1) is 0 Å². The molecule has 0 saturated heterocycles. The Labute approximate surface area is 77.6 Å². The maximum absolute atomic E-state index is 3.93. The van der Waals surface area contributed by atoms with Gasteiger partial charge in [0.05, 0.1) is 6.20 Å². The Kier molecular flexibility index (Phi) is 1.89. The van der Waals surface area contributed by atoms with Crippen molar-refractivity contribution in [1.82, 2.24) is 10.2 Å². The molecule has 0 radical (unpaired) electrons. The first-order valence-electron chi connectivity index (χ1n) is 4.34. The van der Waals surface area contributed by atoms with E-state index in [2.05, 4.69) is 42.2 Å². The Morgan fingerprint density at radius 3 is 2.54 bits per heavy atom. The van der Waals surface area contributed by atoms with Gasteiger partial charge in [0.1, 0.15) is 0 Å². The van der Waals surface area contributed by atoms with Crippen molar-refractivity contribution < 1.29 is 0 Å². The van der Waals surface area contributed by atoms with Crippen molar-refractivity contribution in [1.29, 1.82) is 0 Å². The minimum atomic E-state index is 1.14. The standard InChI is InChI=1S/C11H12N2/c1-8-3-4-10(5-9(8)2)11-6-12-13-7-11/h3-7H,1-2H3,(H,12,13). The molecule has 0 aliphatic rings. The number of aryl methyl sites for hydroxylation is 2. The fourth-order valence-corrected chi connectivity index (χ4v) is 1.33. The number of hydrogen-bond acceptors (Lipinski definition) is 1. The highest BCUT2D eigenvalue weighted by molar-refractivity contribution is 5.63. The van der Waals surface area contributed by atoms with Crippen LogP contribution >= 0.6 is 0 Å². The summed E-state index contributed by atoms with van der Waals surface area (Å²) in [4.78, 5) is 0. The molecule has 2 heteroatoms. The van der Waals surface area contributed by atoms with Gasteiger partial charge < -0.3 is 0 Å². The Balaban J connectivity index is 2.49. The maximum Gasteiger partial charge on any atom is 0.0565 e. The average Bonchev–Trinajstić information content (AvgIpc) is 2.62. The molecule has 0 fully saturated rings. The molecule has 13 heavy (non-hydrogen) atoms. The smallest absolute Gasteiger partial charge is 0.0565 e. The summed E-state index contributed by atoms with van der Waals surface area (Å²) in [6.45, 7) is 4.24. The third-order valence-electron chi connectivity index (χ3n) is 2.34. The SMILES string of the molecule is Cc1ccc(-c2cn[nH]c2)cc1C. The second kappa shape index (κ2) is 3.05. The van der Waals surface area contributed by atoms with Gasteiger partial charge in [0, 0.05) is 11.8 Å². The van der Waals surface area contributed by atoms with Gasteiger partial charge in [0.15, 0.2) is 0 Å². The Morgan fingerprint density at radius 1 is 1.08 bits per heavy atom. The molecule has 0 atom stereocenters. The number of benzene rings is 1. The Morgan fingerprint density at radius 2 is 1.92 bits per heavy atom. The Hall–Kier alpha value is -1.57. The van der Waals surface area contributed by atoms with Crippen molar-refractivity contribution in [2.45, 2.75) is 13.8 Å². The molecular weight excluding hydrogens is 160 g/mol. The minimum absolute atomic E-state index is 1.14. The number of H-pyrrole nitrogens is 1. The van der Waals surface area contributed by atoms with Gasteiger partial charge in [-0.05, 0) is 30.5 Å². The van der Waals surface area contributed by atoms with Crippen LogP contribution in [0.15, 0.2) is 30.6 Å². The highest BCUT2D eigenvalue weighted by Gasteiger charge is 1.99. The lowest BCUT2D eigenvalue weighted by molar-refractivity contribution is 1.09. The van der Waals surface area contributed by atoms with Gasteiger partial charge in [-0.25, -0.2) is 0 Å². The van der Waals surface area contributed by atoms with E-state index in [4.69, 9.17) is 0 Å². The van der Waals surface area contributed by atoms with Gasteiger partial charge in [0.25, 0.3) is 0 Å². The molecule has 0 aliphatic heterocycles. The summed E-state index contributed by atoms with van der Waals surface area (Å²) >= 11 is 0. The van der Waals surface area contributed by atoms with Crippen LogP contribution in [0.4, 0.5) is 0 Å². The van der Waals surface area contributed by atoms with Crippen LogP contribution in [-0.4, -0.2) is 10.2 Å². The van der Waals surface area contributed by atoms with Crippen LogP contribution in [-0.2, 0) is 0 Å². The molecule has 1 N–H and O–H groups in total. The van der Waals surface area contributed by atoms with E-state index in [-0.39, 0.29) is 0 Å². The second-order valence-corrected chi connectivity index (χ2v) is 3.29. The summed E-state index contributed by atoms with van der Waals surface area (Å²) in [7, 11) is 0. The summed E-state index contributed by atoms with van der Waals surface area (Å²) in [5, 5.41) is 6.74. The average molecular weight is 172 g/mol. The minimum Gasteiger partial charge on any atom is -0.285 e. The van der Waals surface area contributed by atoms with E-state index in [0.29, 0.717) is 0 Å². The highest BCUT2D eigenvalue weighted by Crippen LogP contribution is 2.20. The molecule has 0 bridgehead atoms. The third kappa shape index (κ3) is 1.47. The lowest BCUT2D eigenvalue weighted by atomic mass is 10.0. The molecule has 0 unspecified atom stereocenters. The quantitative estimate of drug-likeness (QED) is 0.704. The van der Waals surface area contributed by atoms with E-state index in [9.17, 15) is 0 Å². The molecule has 0 saturated carbocycles. The van der Waals surface area contributed by atoms with Crippen molar-refractivity contribution in [3.8, 4) is 11.1 Å². The van der Waals surface area contributed by atoms with Crippen LogP contribution in [0.25, 0.3) is 11.1 Å². The lowest BCUT2D eigenvalue weighted by Crippen LogP contribution is -1.81. The number of hydrogen-bond donors (Lipinski definition) is 1. The second-order valence-electron chi connectivity index (χ2n) is 3.29. The molecule has 0 spiro atoms. The molecule has 1 heterocycles. The van der Waals surface area contributed by atoms with Gasteiger partial charge in [-0.3, -0.25) is 5.10 Å². The van der Waals surface area contributed by atoms with Crippen LogP contribution in [0, 0.1) is 13.8 Å². The summed E-state index contributed by atoms with van der Waals surface area (Å²) in [6, 6.07) is 6.44. The molecule has 2 nitrogen and oxygen atoms in total. The zero-order valence-corrected chi connectivity index (χ0v) is 7.83. The van der Waals surface area contributed by atoms with Crippen molar-refractivity contribution in [2.24, 2.45) is 0 Å². The van der Waals surface area contributed by atoms with Crippen LogP contribution in [0.3, 0.4) is 0 Å². The first-order valence-corrected chi connectivity index (χ1v) is 4.34. The molecule has 1 aromatic heterocycles. The third-order valence-corrected chi connectivity index (χ3v) is 2.34. The molecule has 66 valence electrons. The number of aromatic amines is 1. The number of rotatable bonds is 1. The first kappa shape index (κ1) is 8.05. The van der Waals surface area contributed by atoms with E-state index < -0.39 is 0 Å². The topological polar surface area (TPSA) is 28.7 Å². The summed E-state index contributed by atoms with van der Waals surface area (Å²) in [5.74, 6) is 0. The van der Waals surface area contributed by atoms with Gasteiger partial charge in [0.2, 0.25) is 0 Å². The monoisotopic (exact) mass is 172 g/mol. The predicted octanol–water partition coefficient (Wildman–Crippen LogP) is 2.69. The van der Waals surface area contributed by atoms with Gasteiger partial charge in [-0.1, -0.05) is 18.2 Å². The normalized spacial score (nSPS) is 10.3. The molecular formula is C11H12N2. The van der Waals surface area contributed by atoms with Crippen molar-refractivity contribution in [2.75, 3.05) is 0 Å². The molecule has 0 aliphatic carbocycles. The molecule has 2 rings (SSSR count). The molecule has 1 aromatic carbocycles. The lowest BCUT2D eigenvalue weighted by Gasteiger charge is -2.02. The molecule has 0 amide bonds. The van der Waals surface area contributed by atoms with E-state index in [1.54, 1.807) is 0 Å². The number of nitrogens with zero attached hydrogens (tertiary/aromatic N) is 1. The number of nitrogens with one attached hydrogen (secondary N) is 1. The van der Waals surface area contributed by atoms with Crippen LogP contribution in [0.2, 0.25) is 0 Å². The predicted molar refractivity (Wildman–Crippen MR) is 53.5 cm³/mol. The van der Waals surface area contributed by atoms with E-state index in [1.165, 1.54) is 16.7 Å². The van der Waals surface area contributed by atoms with Crippen LogP contribution in [0.1, 0.15) is 11.1 Å². The first-order chi connectivity index (χ1) is 6.27. The summed E-state index contributed by atoms with van der Waals surface area (Å²) < 4.78 is 0. The van der Waals surface area contributed by atoms with E-state index >= 15 is 0 Å². The van der Waals surface area contributed by atoms with Crippen molar-refractivity contribution in [3.63, 3.8) is 0 Å². The number of aromatic nitrogens is 2.